The van der Waals surface area contributed by atoms with E-state index in [1.54, 1.807) is 0 Å². The Morgan fingerprint density at radius 3 is 2.79 bits per heavy atom. The van der Waals surface area contributed by atoms with Gasteiger partial charge >= 0.3 is 0 Å². The van der Waals surface area contributed by atoms with Crippen LogP contribution in [0.15, 0.2) is 54.7 Å². The maximum Gasteiger partial charge on any atom is 0.231 e. The van der Waals surface area contributed by atoms with Gasteiger partial charge in [0, 0.05) is 30.0 Å². The van der Waals surface area contributed by atoms with Gasteiger partial charge in [-0.05, 0) is 73.7 Å². The van der Waals surface area contributed by atoms with Crippen LogP contribution in [-0.4, -0.2) is 23.2 Å². The summed E-state index contributed by atoms with van der Waals surface area (Å²) >= 11 is 0. The Hall–Kier alpha value is -2.85. The number of benzene rings is 2. The first-order chi connectivity index (χ1) is 14.2. The fourth-order valence-electron chi connectivity index (χ4n) is 4.56. The Balaban J connectivity index is 1.37. The Bertz CT molecular complexity index is 1050. The Morgan fingerprint density at radius 2 is 1.93 bits per heavy atom. The molecule has 0 saturated carbocycles. The SMILES string of the molecule is Cc1cc(-c2cccnc2C)ccc1CN1CCCC1c1ccc2c(c1)OCO2. The molecule has 4 heteroatoms. The summed E-state index contributed by atoms with van der Waals surface area (Å²) in [6, 6.07) is 17.8. The first kappa shape index (κ1) is 18.2. The van der Waals surface area contributed by atoms with Gasteiger partial charge in [-0.25, -0.2) is 0 Å². The predicted octanol–water partition coefficient (Wildman–Crippen LogP) is 5.43. The van der Waals surface area contributed by atoms with Crippen molar-refractivity contribution in [3.63, 3.8) is 0 Å². The number of fused-ring (bicyclic) bond motifs is 1. The summed E-state index contributed by atoms with van der Waals surface area (Å²) in [6.07, 6.45) is 4.26. The normalized spacial score (nSPS) is 18.3. The second kappa shape index (κ2) is 7.53. The molecule has 0 N–H and O–H groups in total. The second-order valence-corrected chi connectivity index (χ2v) is 8.02. The lowest BCUT2D eigenvalue weighted by molar-refractivity contribution is 0.173. The summed E-state index contributed by atoms with van der Waals surface area (Å²) in [5.74, 6) is 1.73. The van der Waals surface area contributed by atoms with Crippen LogP contribution in [0.2, 0.25) is 0 Å². The number of hydrogen-bond acceptors (Lipinski definition) is 4. The van der Waals surface area contributed by atoms with Crippen LogP contribution in [0.3, 0.4) is 0 Å². The number of likely N-dealkylation sites (tertiary alicyclic amines) is 1. The van der Waals surface area contributed by atoms with Gasteiger partial charge in [-0.3, -0.25) is 9.88 Å². The van der Waals surface area contributed by atoms with Gasteiger partial charge in [-0.15, -0.1) is 0 Å². The summed E-state index contributed by atoms with van der Waals surface area (Å²) in [5, 5.41) is 0. The number of pyridine rings is 1. The van der Waals surface area contributed by atoms with Crippen molar-refractivity contribution in [3.05, 3.63) is 77.1 Å². The zero-order valence-electron chi connectivity index (χ0n) is 17.0. The summed E-state index contributed by atoms with van der Waals surface area (Å²) < 4.78 is 11.1. The van der Waals surface area contributed by atoms with Gasteiger partial charge < -0.3 is 9.47 Å². The Kier molecular flexibility index (Phi) is 4.72. The molecule has 2 aliphatic rings. The van der Waals surface area contributed by atoms with Crippen LogP contribution < -0.4 is 9.47 Å². The second-order valence-electron chi connectivity index (χ2n) is 8.02. The minimum Gasteiger partial charge on any atom is -0.454 e. The zero-order chi connectivity index (χ0) is 19.8. The first-order valence-corrected chi connectivity index (χ1v) is 10.3. The van der Waals surface area contributed by atoms with E-state index in [1.165, 1.54) is 40.7 Å². The monoisotopic (exact) mass is 386 g/mol. The molecular weight excluding hydrogens is 360 g/mol. The Morgan fingerprint density at radius 1 is 1.03 bits per heavy atom. The highest BCUT2D eigenvalue weighted by Gasteiger charge is 2.28. The zero-order valence-corrected chi connectivity index (χ0v) is 17.0. The molecule has 0 aliphatic carbocycles. The molecule has 2 aromatic carbocycles. The lowest BCUT2D eigenvalue weighted by atomic mass is 9.98. The van der Waals surface area contributed by atoms with E-state index < -0.39 is 0 Å². The third-order valence-corrected chi connectivity index (χ3v) is 6.18. The number of aromatic nitrogens is 1. The molecule has 2 aliphatic heterocycles. The van der Waals surface area contributed by atoms with Crippen LogP contribution >= 0.6 is 0 Å². The number of hydrogen-bond donors (Lipinski definition) is 0. The maximum absolute atomic E-state index is 5.59. The van der Waals surface area contributed by atoms with E-state index in [-0.39, 0.29) is 0 Å². The molecule has 1 atom stereocenters. The molecule has 1 unspecified atom stereocenters. The average molecular weight is 386 g/mol. The van der Waals surface area contributed by atoms with E-state index in [2.05, 4.69) is 60.1 Å². The van der Waals surface area contributed by atoms with Gasteiger partial charge in [0.05, 0.1) is 0 Å². The molecule has 29 heavy (non-hydrogen) atoms. The first-order valence-electron chi connectivity index (χ1n) is 10.3. The highest BCUT2D eigenvalue weighted by atomic mass is 16.7. The van der Waals surface area contributed by atoms with Crippen molar-refractivity contribution in [2.75, 3.05) is 13.3 Å². The van der Waals surface area contributed by atoms with E-state index in [4.69, 9.17) is 9.47 Å². The molecule has 0 amide bonds. The average Bonchev–Trinajstić information content (AvgIpc) is 3.38. The molecule has 1 saturated heterocycles. The minimum atomic E-state index is 0.328. The molecule has 0 spiro atoms. The molecule has 3 aromatic rings. The topological polar surface area (TPSA) is 34.6 Å². The van der Waals surface area contributed by atoms with Crippen LogP contribution in [0, 0.1) is 13.8 Å². The van der Waals surface area contributed by atoms with E-state index in [0.717, 1.165) is 30.3 Å². The molecule has 3 heterocycles. The largest absolute Gasteiger partial charge is 0.454 e. The van der Waals surface area contributed by atoms with Crippen LogP contribution in [0.1, 0.15) is 41.3 Å². The predicted molar refractivity (Wildman–Crippen MR) is 114 cm³/mol. The Labute approximate surface area is 172 Å². The van der Waals surface area contributed by atoms with Crippen molar-refractivity contribution in [1.82, 2.24) is 9.88 Å². The van der Waals surface area contributed by atoms with Gasteiger partial charge in [-0.1, -0.05) is 30.3 Å². The van der Waals surface area contributed by atoms with E-state index in [1.807, 2.05) is 18.3 Å². The molecule has 4 nitrogen and oxygen atoms in total. The van der Waals surface area contributed by atoms with Crippen molar-refractivity contribution >= 4 is 0 Å². The lowest BCUT2D eigenvalue weighted by Crippen LogP contribution is -2.23. The number of nitrogens with zero attached hydrogens (tertiary/aromatic N) is 2. The molecule has 0 radical (unpaired) electrons. The standard InChI is InChI=1S/C25H26N2O2/c1-17-13-19(22-5-3-11-26-18(22)2)7-8-21(17)15-27-12-4-6-23(27)20-9-10-24-25(14-20)29-16-28-24/h3,5,7-11,13-14,23H,4,6,12,15-16H2,1-2H3. The summed E-state index contributed by atoms with van der Waals surface area (Å²) in [4.78, 5) is 7.02. The van der Waals surface area contributed by atoms with E-state index in [9.17, 15) is 0 Å². The van der Waals surface area contributed by atoms with E-state index >= 15 is 0 Å². The fourth-order valence-corrected chi connectivity index (χ4v) is 4.56. The summed E-state index contributed by atoms with van der Waals surface area (Å²) in [6.45, 7) is 6.71. The third-order valence-electron chi connectivity index (χ3n) is 6.18. The molecule has 148 valence electrons. The fraction of sp³-hybridized carbons (Fsp3) is 0.320. The number of rotatable bonds is 4. The van der Waals surface area contributed by atoms with Crippen molar-refractivity contribution in [3.8, 4) is 22.6 Å². The van der Waals surface area contributed by atoms with Crippen molar-refractivity contribution in [1.29, 1.82) is 0 Å². The van der Waals surface area contributed by atoms with Gasteiger partial charge in [0.15, 0.2) is 11.5 Å². The van der Waals surface area contributed by atoms with Crippen LogP contribution in [-0.2, 0) is 6.54 Å². The molecule has 1 fully saturated rings. The highest BCUT2D eigenvalue weighted by Crippen LogP contribution is 2.39. The quantitative estimate of drug-likeness (QED) is 0.599. The minimum absolute atomic E-state index is 0.328. The molecule has 1 aromatic heterocycles. The van der Waals surface area contributed by atoms with Gasteiger partial charge in [-0.2, -0.15) is 0 Å². The maximum atomic E-state index is 5.59. The van der Waals surface area contributed by atoms with Crippen molar-refractivity contribution in [2.45, 2.75) is 39.3 Å². The van der Waals surface area contributed by atoms with Gasteiger partial charge in [0.2, 0.25) is 6.79 Å². The number of aryl methyl sites for hydroxylation is 2. The smallest absolute Gasteiger partial charge is 0.231 e. The number of ether oxygens (including phenoxy) is 2. The van der Waals surface area contributed by atoms with Crippen molar-refractivity contribution in [2.24, 2.45) is 0 Å². The van der Waals surface area contributed by atoms with E-state index in [0.29, 0.717) is 12.8 Å². The third kappa shape index (κ3) is 3.49. The summed E-state index contributed by atoms with van der Waals surface area (Å²) in [5.41, 5.74) is 7.58. The molecule has 5 rings (SSSR count). The van der Waals surface area contributed by atoms with Crippen LogP contribution in [0.5, 0.6) is 11.5 Å². The highest BCUT2D eigenvalue weighted by molar-refractivity contribution is 5.66. The lowest BCUT2D eigenvalue weighted by Gasteiger charge is -2.26. The van der Waals surface area contributed by atoms with Crippen LogP contribution in [0.4, 0.5) is 0 Å². The van der Waals surface area contributed by atoms with Crippen LogP contribution in [0.25, 0.3) is 11.1 Å². The molecule has 0 bridgehead atoms. The summed E-state index contributed by atoms with van der Waals surface area (Å²) in [7, 11) is 0. The van der Waals surface area contributed by atoms with Crippen molar-refractivity contribution < 1.29 is 9.47 Å². The molecular formula is C25H26N2O2. The van der Waals surface area contributed by atoms with Gasteiger partial charge in [0.25, 0.3) is 0 Å². The van der Waals surface area contributed by atoms with Gasteiger partial charge in [0.1, 0.15) is 0 Å².